The van der Waals surface area contributed by atoms with Crippen LogP contribution in [0.1, 0.15) is 37.7 Å². The summed E-state index contributed by atoms with van der Waals surface area (Å²) in [6.45, 7) is 6.47. The first-order chi connectivity index (χ1) is 10.0. The van der Waals surface area contributed by atoms with E-state index in [1.807, 2.05) is 20.8 Å². The fraction of sp³-hybridized carbons (Fsp3) is 0.375. The number of aromatic nitrogens is 2. The average molecular weight is 289 g/mol. The SMILES string of the molecule is CCC(C)NC(=O)c1cc(-c2cccc(F)c2)nn1CC. The average Bonchev–Trinajstić information content (AvgIpc) is 2.91. The predicted octanol–water partition coefficient (Wildman–Crippen LogP) is 3.24. The lowest BCUT2D eigenvalue weighted by molar-refractivity contribution is 0.0928. The second-order valence-corrected chi connectivity index (χ2v) is 5.02. The molecule has 1 atom stereocenters. The predicted molar refractivity (Wildman–Crippen MR) is 80.5 cm³/mol. The van der Waals surface area contributed by atoms with Crippen molar-refractivity contribution in [2.24, 2.45) is 0 Å². The van der Waals surface area contributed by atoms with Gasteiger partial charge >= 0.3 is 0 Å². The third-order valence-corrected chi connectivity index (χ3v) is 3.42. The molecule has 4 nitrogen and oxygen atoms in total. The maximum atomic E-state index is 13.3. The Balaban J connectivity index is 2.33. The summed E-state index contributed by atoms with van der Waals surface area (Å²) in [5, 5.41) is 7.31. The number of halogens is 1. The Bertz CT molecular complexity index is 636. The first-order valence-corrected chi connectivity index (χ1v) is 7.19. The molecule has 1 amide bonds. The first kappa shape index (κ1) is 15.2. The second kappa shape index (κ2) is 6.52. The number of nitrogens with one attached hydrogen (secondary N) is 1. The summed E-state index contributed by atoms with van der Waals surface area (Å²) in [6.07, 6.45) is 0.864. The molecular formula is C16H20FN3O. The first-order valence-electron chi connectivity index (χ1n) is 7.19. The van der Waals surface area contributed by atoms with Crippen LogP contribution < -0.4 is 5.32 Å². The summed E-state index contributed by atoms with van der Waals surface area (Å²) < 4.78 is 14.9. The highest BCUT2D eigenvalue weighted by molar-refractivity contribution is 5.93. The summed E-state index contributed by atoms with van der Waals surface area (Å²) in [5.41, 5.74) is 1.77. The minimum Gasteiger partial charge on any atom is -0.348 e. The molecule has 1 aromatic carbocycles. The topological polar surface area (TPSA) is 46.9 Å². The van der Waals surface area contributed by atoms with E-state index < -0.39 is 0 Å². The van der Waals surface area contributed by atoms with Gasteiger partial charge in [0.25, 0.3) is 5.91 Å². The normalized spacial score (nSPS) is 12.2. The van der Waals surface area contributed by atoms with Crippen LogP contribution in [0.2, 0.25) is 0 Å². The standard InChI is InChI=1S/C16H20FN3O/c1-4-11(3)18-16(21)15-10-14(19-20(15)5-2)12-7-6-8-13(17)9-12/h6-11H,4-5H2,1-3H3,(H,18,21). The summed E-state index contributed by atoms with van der Waals surface area (Å²) >= 11 is 0. The molecule has 1 N–H and O–H groups in total. The quantitative estimate of drug-likeness (QED) is 0.918. The van der Waals surface area contributed by atoms with Gasteiger partial charge < -0.3 is 5.32 Å². The number of hydrogen-bond donors (Lipinski definition) is 1. The number of hydrogen-bond acceptors (Lipinski definition) is 2. The molecule has 0 saturated heterocycles. The molecule has 0 aliphatic rings. The van der Waals surface area contributed by atoms with E-state index in [-0.39, 0.29) is 17.8 Å². The van der Waals surface area contributed by atoms with Crippen molar-refractivity contribution in [3.63, 3.8) is 0 Å². The van der Waals surface area contributed by atoms with Gasteiger partial charge in [-0.15, -0.1) is 0 Å². The minimum atomic E-state index is -0.316. The molecule has 0 aliphatic carbocycles. The maximum Gasteiger partial charge on any atom is 0.269 e. The summed E-state index contributed by atoms with van der Waals surface area (Å²) in [7, 11) is 0. The molecule has 1 unspecified atom stereocenters. The highest BCUT2D eigenvalue weighted by atomic mass is 19.1. The molecule has 5 heteroatoms. The third kappa shape index (κ3) is 3.48. The third-order valence-electron chi connectivity index (χ3n) is 3.42. The van der Waals surface area contributed by atoms with Crippen LogP contribution in [0.3, 0.4) is 0 Å². The maximum absolute atomic E-state index is 13.3. The molecule has 0 aliphatic heterocycles. The zero-order valence-corrected chi connectivity index (χ0v) is 12.6. The lowest BCUT2D eigenvalue weighted by atomic mass is 10.1. The molecule has 2 aromatic rings. The number of rotatable bonds is 5. The van der Waals surface area contributed by atoms with Gasteiger partial charge in [0.2, 0.25) is 0 Å². The molecule has 0 bridgehead atoms. The van der Waals surface area contributed by atoms with Crippen molar-refractivity contribution in [1.82, 2.24) is 15.1 Å². The lowest BCUT2D eigenvalue weighted by Crippen LogP contribution is -2.33. The van der Waals surface area contributed by atoms with Crippen LogP contribution in [0.15, 0.2) is 30.3 Å². The number of carbonyl (C=O) groups excluding carboxylic acids is 1. The van der Waals surface area contributed by atoms with Crippen molar-refractivity contribution >= 4 is 5.91 Å². The molecule has 0 spiro atoms. The van der Waals surface area contributed by atoms with E-state index in [0.717, 1.165) is 6.42 Å². The number of aryl methyl sites for hydroxylation is 1. The monoisotopic (exact) mass is 289 g/mol. The zero-order chi connectivity index (χ0) is 15.4. The molecule has 112 valence electrons. The van der Waals surface area contributed by atoms with Gasteiger partial charge in [0.05, 0.1) is 5.69 Å². The van der Waals surface area contributed by atoms with Gasteiger partial charge in [-0.25, -0.2) is 4.39 Å². The van der Waals surface area contributed by atoms with Crippen molar-refractivity contribution in [3.8, 4) is 11.3 Å². The van der Waals surface area contributed by atoms with E-state index in [9.17, 15) is 9.18 Å². The Hall–Kier alpha value is -2.17. The molecule has 0 fully saturated rings. The van der Waals surface area contributed by atoms with Crippen molar-refractivity contribution in [3.05, 3.63) is 41.8 Å². The van der Waals surface area contributed by atoms with E-state index in [0.29, 0.717) is 23.5 Å². The summed E-state index contributed by atoms with van der Waals surface area (Å²) in [5.74, 6) is -0.467. The smallest absolute Gasteiger partial charge is 0.269 e. The Morgan fingerprint density at radius 1 is 1.38 bits per heavy atom. The second-order valence-electron chi connectivity index (χ2n) is 5.02. The zero-order valence-electron chi connectivity index (χ0n) is 12.6. The largest absolute Gasteiger partial charge is 0.348 e. The van der Waals surface area contributed by atoms with Crippen LogP contribution in [-0.2, 0) is 6.54 Å². The van der Waals surface area contributed by atoms with Gasteiger partial charge in [-0.2, -0.15) is 5.10 Å². The van der Waals surface area contributed by atoms with Gasteiger partial charge in [-0.05, 0) is 38.5 Å². The van der Waals surface area contributed by atoms with E-state index in [2.05, 4.69) is 10.4 Å². The Labute approximate surface area is 124 Å². The molecule has 21 heavy (non-hydrogen) atoms. The Morgan fingerprint density at radius 3 is 2.76 bits per heavy atom. The fourth-order valence-corrected chi connectivity index (χ4v) is 2.03. The Morgan fingerprint density at radius 2 is 2.14 bits per heavy atom. The van der Waals surface area contributed by atoms with Gasteiger partial charge in [0, 0.05) is 18.2 Å². The van der Waals surface area contributed by atoms with Gasteiger partial charge in [-0.1, -0.05) is 19.1 Å². The number of amides is 1. The van der Waals surface area contributed by atoms with E-state index in [4.69, 9.17) is 0 Å². The number of benzene rings is 1. The van der Waals surface area contributed by atoms with Crippen LogP contribution in [0.25, 0.3) is 11.3 Å². The van der Waals surface area contributed by atoms with Gasteiger partial charge in [0.1, 0.15) is 11.5 Å². The van der Waals surface area contributed by atoms with Crippen molar-refractivity contribution in [2.45, 2.75) is 39.8 Å². The van der Waals surface area contributed by atoms with Crippen molar-refractivity contribution in [2.75, 3.05) is 0 Å². The molecule has 0 radical (unpaired) electrons. The van der Waals surface area contributed by atoms with Crippen LogP contribution in [0.5, 0.6) is 0 Å². The lowest BCUT2D eigenvalue weighted by Gasteiger charge is -2.11. The fourth-order valence-electron chi connectivity index (χ4n) is 2.03. The van der Waals surface area contributed by atoms with Crippen LogP contribution in [0.4, 0.5) is 4.39 Å². The highest BCUT2D eigenvalue weighted by Crippen LogP contribution is 2.20. The van der Waals surface area contributed by atoms with Crippen LogP contribution in [-0.4, -0.2) is 21.7 Å². The van der Waals surface area contributed by atoms with E-state index in [1.165, 1.54) is 12.1 Å². The molecule has 0 saturated carbocycles. The van der Waals surface area contributed by atoms with Gasteiger partial charge in [-0.3, -0.25) is 9.48 Å². The Kier molecular flexibility index (Phi) is 4.73. The van der Waals surface area contributed by atoms with Crippen molar-refractivity contribution in [1.29, 1.82) is 0 Å². The van der Waals surface area contributed by atoms with Crippen molar-refractivity contribution < 1.29 is 9.18 Å². The van der Waals surface area contributed by atoms with E-state index >= 15 is 0 Å². The summed E-state index contributed by atoms with van der Waals surface area (Å²) in [6, 6.07) is 8.03. The minimum absolute atomic E-state index is 0.107. The number of carbonyl (C=O) groups is 1. The molecular weight excluding hydrogens is 269 g/mol. The molecule has 1 aromatic heterocycles. The van der Waals surface area contributed by atoms with E-state index in [1.54, 1.807) is 22.9 Å². The van der Waals surface area contributed by atoms with Crippen LogP contribution >= 0.6 is 0 Å². The van der Waals surface area contributed by atoms with Crippen LogP contribution in [0, 0.1) is 5.82 Å². The number of nitrogens with zero attached hydrogens (tertiary/aromatic N) is 2. The molecule has 2 rings (SSSR count). The summed E-state index contributed by atoms with van der Waals surface area (Å²) in [4.78, 5) is 12.3. The molecule has 1 heterocycles. The van der Waals surface area contributed by atoms with Gasteiger partial charge in [0.15, 0.2) is 0 Å². The highest BCUT2D eigenvalue weighted by Gasteiger charge is 2.16.